The molecule has 2 aromatic heterocycles. The van der Waals surface area contributed by atoms with E-state index < -0.39 is 0 Å². The molecule has 2 fully saturated rings. The van der Waals surface area contributed by atoms with Crippen LogP contribution in [0.25, 0.3) is 22.4 Å². The number of aromatic hydroxyl groups is 1. The van der Waals surface area contributed by atoms with Crippen LogP contribution >= 0.6 is 0 Å². The Balaban J connectivity index is 1.29. The first kappa shape index (κ1) is 18.1. The van der Waals surface area contributed by atoms with Gasteiger partial charge in [0.1, 0.15) is 5.75 Å². The highest BCUT2D eigenvalue weighted by molar-refractivity contribution is 5.73. The van der Waals surface area contributed by atoms with Gasteiger partial charge in [-0.2, -0.15) is 5.10 Å². The lowest BCUT2D eigenvalue weighted by molar-refractivity contribution is 0.119. The molecule has 0 bridgehead atoms. The van der Waals surface area contributed by atoms with E-state index in [1.807, 2.05) is 24.3 Å². The second-order valence-electron chi connectivity index (χ2n) is 8.13. The smallest absolute Gasteiger partial charge is 0.151 e. The fourth-order valence-corrected chi connectivity index (χ4v) is 4.35. The van der Waals surface area contributed by atoms with Crippen LogP contribution in [0.1, 0.15) is 25.7 Å². The number of phenolic OH excluding ortho intramolecular Hbond substituents is 1. The first-order valence-electron chi connectivity index (χ1n) is 10.3. The lowest BCUT2D eigenvalue weighted by Crippen LogP contribution is -2.45. The Hall–Kier alpha value is -2.93. The second kappa shape index (κ2) is 7.48. The number of aromatic nitrogens is 4. The summed E-state index contributed by atoms with van der Waals surface area (Å²) in [6.07, 6.45) is 8.75. The summed E-state index contributed by atoms with van der Waals surface area (Å²) in [4.78, 5) is 4.88. The Labute approximate surface area is 170 Å². The minimum absolute atomic E-state index is 0.189. The quantitative estimate of drug-likeness (QED) is 0.696. The largest absolute Gasteiger partial charge is 0.507 e. The minimum Gasteiger partial charge on any atom is -0.507 e. The molecule has 1 saturated heterocycles. The van der Waals surface area contributed by atoms with Crippen LogP contribution in [0.3, 0.4) is 0 Å². The fourth-order valence-electron chi connectivity index (χ4n) is 4.35. The molecule has 7 heteroatoms. The first-order chi connectivity index (χ1) is 14.2. The van der Waals surface area contributed by atoms with Crippen LogP contribution in [0.15, 0.2) is 42.7 Å². The molecule has 3 heterocycles. The molecule has 2 N–H and O–H groups in total. The Bertz CT molecular complexity index is 967. The number of hydrogen-bond donors (Lipinski definition) is 2. The summed E-state index contributed by atoms with van der Waals surface area (Å²) >= 11 is 0. The maximum absolute atomic E-state index is 10.5. The standard InChI is InChI=1S/C22H26N6O/c1-27(17-3-2-4-17)18-9-10-28(14-18)22-8-7-20(25-26-22)19-6-5-15(11-21(19)29)16-12-23-24-13-16/h5-8,11-13,17-18,29H,2-4,9-10,14H2,1H3,(H,23,24)/t18-/m0/s1. The molecular formula is C22H26N6O. The van der Waals surface area contributed by atoms with E-state index in [-0.39, 0.29) is 5.75 Å². The van der Waals surface area contributed by atoms with Gasteiger partial charge >= 0.3 is 0 Å². The SMILES string of the molecule is CN(C1CCC1)[C@H]1CCN(c2ccc(-c3ccc(-c4cn[nH]c4)cc3O)nn2)C1. The predicted octanol–water partition coefficient (Wildman–Crippen LogP) is 3.30. The highest BCUT2D eigenvalue weighted by atomic mass is 16.3. The second-order valence-corrected chi connectivity index (χ2v) is 8.13. The molecule has 5 rings (SSSR count). The van der Waals surface area contributed by atoms with Gasteiger partial charge in [-0.1, -0.05) is 12.5 Å². The van der Waals surface area contributed by atoms with Gasteiger partial charge in [-0.15, -0.1) is 10.2 Å². The van der Waals surface area contributed by atoms with E-state index in [2.05, 4.69) is 37.2 Å². The molecule has 0 unspecified atom stereocenters. The monoisotopic (exact) mass is 390 g/mol. The van der Waals surface area contributed by atoms with Crippen molar-refractivity contribution in [1.82, 2.24) is 25.3 Å². The van der Waals surface area contributed by atoms with Gasteiger partial charge in [-0.25, -0.2) is 0 Å². The molecule has 0 spiro atoms. The number of rotatable bonds is 5. The molecule has 3 aromatic rings. The number of aromatic amines is 1. The minimum atomic E-state index is 0.189. The summed E-state index contributed by atoms with van der Waals surface area (Å²) in [5.74, 6) is 1.10. The Kier molecular flexibility index (Phi) is 4.67. The average Bonchev–Trinajstić information content (AvgIpc) is 3.39. The van der Waals surface area contributed by atoms with Crippen molar-refractivity contribution < 1.29 is 5.11 Å². The first-order valence-corrected chi connectivity index (χ1v) is 10.3. The van der Waals surface area contributed by atoms with Crippen LogP contribution in [0, 0.1) is 0 Å². The zero-order valence-corrected chi connectivity index (χ0v) is 16.6. The van der Waals surface area contributed by atoms with E-state index in [1.165, 1.54) is 25.7 Å². The third kappa shape index (κ3) is 3.46. The van der Waals surface area contributed by atoms with E-state index in [4.69, 9.17) is 0 Å². The molecule has 0 amide bonds. The summed E-state index contributed by atoms with van der Waals surface area (Å²) < 4.78 is 0. The van der Waals surface area contributed by atoms with Crippen molar-refractivity contribution in [3.05, 3.63) is 42.7 Å². The lowest BCUT2D eigenvalue weighted by Gasteiger charge is -2.38. The molecule has 1 atom stereocenters. The zero-order valence-electron chi connectivity index (χ0n) is 16.6. The summed E-state index contributed by atoms with van der Waals surface area (Å²) in [6.45, 7) is 2.02. The van der Waals surface area contributed by atoms with E-state index in [0.717, 1.165) is 36.1 Å². The van der Waals surface area contributed by atoms with E-state index in [1.54, 1.807) is 18.5 Å². The normalized spacial score (nSPS) is 19.7. The van der Waals surface area contributed by atoms with Gasteiger partial charge in [0.05, 0.1) is 11.9 Å². The van der Waals surface area contributed by atoms with Gasteiger partial charge in [0, 0.05) is 42.5 Å². The van der Waals surface area contributed by atoms with Crippen LogP contribution in [-0.4, -0.2) is 62.6 Å². The summed E-state index contributed by atoms with van der Waals surface area (Å²) in [7, 11) is 2.27. The number of benzene rings is 1. The molecule has 29 heavy (non-hydrogen) atoms. The van der Waals surface area contributed by atoms with E-state index in [0.29, 0.717) is 17.3 Å². The van der Waals surface area contributed by atoms with Gasteiger partial charge < -0.3 is 10.0 Å². The molecule has 1 saturated carbocycles. The lowest BCUT2D eigenvalue weighted by atomic mass is 9.91. The summed E-state index contributed by atoms with van der Waals surface area (Å²) in [5, 5.41) is 26.1. The van der Waals surface area contributed by atoms with Gasteiger partial charge in [0.15, 0.2) is 5.82 Å². The number of phenols is 1. The molecule has 150 valence electrons. The van der Waals surface area contributed by atoms with Gasteiger partial charge in [-0.3, -0.25) is 10.00 Å². The highest BCUT2D eigenvalue weighted by Crippen LogP contribution is 2.33. The van der Waals surface area contributed by atoms with Crippen molar-refractivity contribution in [3.8, 4) is 28.1 Å². The molecule has 2 aliphatic rings. The third-order valence-electron chi connectivity index (χ3n) is 6.47. The number of likely N-dealkylation sites (N-methyl/N-ethyl adjacent to an activating group) is 1. The van der Waals surface area contributed by atoms with Crippen molar-refractivity contribution in [2.75, 3.05) is 25.0 Å². The molecule has 0 radical (unpaired) electrons. The summed E-state index contributed by atoms with van der Waals surface area (Å²) in [6, 6.07) is 10.9. The van der Waals surface area contributed by atoms with Crippen LogP contribution in [-0.2, 0) is 0 Å². The molecule has 1 aliphatic carbocycles. The van der Waals surface area contributed by atoms with Crippen molar-refractivity contribution in [1.29, 1.82) is 0 Å². The molecular weight excluding hydrogens is 364 g/mol. The topological polar surface area (TPSA) is 81.2 Å². The number of anilines is 1. The van der Waals surface area contributed by atoms with Crippen LogP contribution in [0.5, 0.6) is 5.75 Å². The average molecular weight is 390 g/mol. The van der Waals surface area contributed by atoms with Gasteiger partial charge in [0.2, 0.25) is 0 Å². The van der Waals surface area contributed by atoms with Crippen LogP contribution in [0.4, 0.5) is 5.82 Å². The van der Waals surface area contributed by atoms with Crippen molar-refractivity contribution in [3.63, 3.8) is 0 Å². The third-order valence-corrected chi connectivity index (χ3v) is 6.47. The molecule has 7 nitrogen and oxygen atoms in total. The molecule has 1 aliphatic heterocycles. The van der Waals surface area contributed by atoms with Crippen molar-refractivity contribution >= 4 is 5.82 Å². The fraction of sp³-hybridized carbons (Fsp3) is 0.409. The van der Waals surface area contributed by atoms with Crippen molar-refractivity contribution in [2.45, 2.75) is 37.8 Å². The van der Waals surface area contributed by atoms with Crippen LogP contribution < -0.4 is 4.90 Å². The van der Waals surface area contributed by atoms with E-state index in [9.17, 15) is 5.11 Å². The number of H-pyrrole nitrogens is 1. The highest BCUT2D eigenvalue weighted by Gasteiger charge is 2.32. The predicted molar refractivity (Wildman–Crippen MR) is 113 cm³/mol. The number of nitrogens with zero attached hydrogens (tertiary/aromatic N) is 5. The zero-order chi connectivity index (χ0) is 19.8. The number of nitrogens with one attached hydrogen (secondary N) is 1. The van der Waals surface area contributed by atoms with Gasteiger partial charge in [0.25, 0.3) is 0 Å². The molecule has 1 aromatic carbocycles. The maximum atomic E-state index is 10.5. The van der Waals surface area contributed by atoms with Crippen molar-refractivity contribution in [2.24, 2.45) is 0 Å². The Morgan fingerprint density at radius 3 is 2.62 bits per heavy atom. The summed E-state index contributed by atoms with van der Waals surface area (Å²) in [5.41, 5.74) is 3.19. The Morgan fingerprint density at radius 2 is 1.97 bits per heavy atom. The Morgan fingerprint density at radius 1 is 1.07 bits per heavy atom. The van der Waals surface area contributed by atoms with E-state index >= 15 is 0 Å². The van der Waals surface area contributed by atoms with Crippen LogP contribution in [0.2, 0.25) is 0 Å². The van der Waals surface area contributed by atoms with Gasteiger partial charge in [-0.05, 0) is 56.1 Å². The number of hydrogen-bond acceptors (Lipinski definition) is 6. The maximum Gasteiger partial charge on any atom is 0.151 e.